The van der Waals surface area contributed by atoms with E-state index in [0.717, 1.165) is 18.5 Å². The minimum Gasteiger partial charge on any atom is -0.326 e. The third kappa shape index (κ3) is 4.00. The van der Waals surface area contributed by atoms with Gasteiger partial charge < -0.3 is 15.5 Å². The Bertz CT molecular complexity index is 877. The maximum absolute atomic E-state index is 12.6. The van der Waals surface area contributed by atoms with E-state index in [2.05, 4.69) is 10.6 Å². The summed E-state index contributed by atoms with van der Waals surface area (Å²) < 4.78 is 0. The van der Waals surface area contributed by atoms with Gasteiger partial charge >= 0.3 is 0 Å². The van der Waals surface area contributed by atoms with Gasteiger partial charge in [0.2, 0.25) is 17.7 Å². The van der Waals surface area contributed by atoms with Crippen molar-refractivity contribution in [3.8, 4) is 0 Å². The topological polar surface area (TPSA) is 78.5 Å². The first-order chi connectivity index (χ1) is 13.1. The predicted octanol–water partition coefficient (Wildman–Crippen LogP) is 3.03. The zero-order chi connectivity index (χ0) is 18.8. The number of anilines is 3. The standard InChI is InChI=1S/C21H21N3O3/c25-19-11-15(13-24(19)18-7-2-1-3-8-18)21(27)23-17-6-4-5-16(12-17)22-20(26)14-9-10-14/h1-8,12,14-15H,9-11,13H2,(H,22,26)(H,23,27). The molecule has 1 unspecified atom stereocenters. The lowest BCUT2D eigenvalue weighted by molar-refractivity contribution is -0.122. The molecule has 2 N–H and O–H groups in total. The van der Waals surface area contributed by atoms with E-state index in [4.69, 9.17) is 0 Å². The first-order valence-corrected chi connectivity index (χ1v) is 9.17. The Hall–Kier alpha value is -3.15. The molecule has 138 valence electrons. The molecule has 1 saturated heterocycles. The Kier molecular flexibility index (Phi) is 4.62. The second-order valence-electron chi connectivity index (χ2n) is 7.07. The number of benzene rings is 2. The van der Waals surface area contributed by atoms with Crippen molar-refractivity contribution in [2.45, 2.75) is 19.3 Å². The summed E-state index contributed by atoms with van der Waals surface area (Å²) in [5.74, 6) is -0.489. The van der Waals surface area contributed by atoms with Crippen LogP contribution in [-0.2, 0) is 14.4 Å². The molecule has 1 aliphatic carbocycles. The van der Waals surface area contributed by atoms with Crippen LogP contribution in [0.4, 0.5) is 17.1 Å². The van der Waals surface area contributed by atoms with Gasteiger partial charge in [-0.1, -0.05) is 24.3 Å². The van der Waals surface area contributed by atoms with Gasteiger partial charge in [-0.05, 0) is 43.2 Å². The average Bonchev–Trinajstić information content (AvgIpc) is 3.45. The Labute approximate surface area is 157 Å². The summed E-state index contributed by atoms with van der Waals surface area (Å²) in [6.45, 7) is 0.368. The van der Waals surface area contributed by atoms with Gasteiger partial charge in [0, 0.05) is 35.9 Å². The highest BCUT2D eigenvalue weighted by Gasteiger charge is 2.35. The molecule has 1 atom stereocenters. The molecule has 2 aromatic rings. The minimum atomic E-state index is -0.401. The van der Waals surface area contributed by atoms with Crippen LogP contribution < -0.4 is 15.5 Å². The van der Waals surface area contributed by atoms with Gasteiger partial charge in [-0.2, -0.15) is 0 Å². The maximum Gasteiger partial charge on any atom is 0.229 e. The zero-order valence-corrected chi connectivity index (χ0v) is 14.9. The Morgan fingerprint density at radius 1 is 0.852 bits per heavy atom. The number of nitrogens with zero attached hydrogens (tertiary/aromatic N) is 1. The summed E-state index contributed by atoms with van der Waals surface area (Å²) in [4.78, 5) is 38.4. The van der Waals surface area contributed by atoms with Crippen molar-refractivity contribution in [1.29, 1.82) is 0 Å². The van der Waals surface area contributed by atoms with Gasteiger partial charge in [0.1, 0.15) is 0 Å². The van der Waals surface area contributed by atoms with Gasteiger partial charge in [0.05, 0.1) is 5.92 Å². The number of para-hydroxylation sites is 1. The lowest BCUT2D eigenvalue weighted by Gasteiger charge is -2.16. The van der Waals surface area contributed by atoms with E-state index < -0.39 is 5.92 Å². The van der Waals surface area contributed by atoms with Crippen molar-refractivity contribution in [1.82, 2.24) is 0 Å². The van der Waals surface area contributed by atoms with Crippen molar-refractivity contribution >= 4 is 34.8 Å². The van der Waals surface area contributed by atoms with Crippen LogP contribution in [0.1, 0.15) is 19.3 Å². The molecule has 0 aromatic heterocycles. The van der Waals surface area contributed by atoms with Crippen molar-refractivity contribution in [3.63, 3.8) is 0 Å². The summed E-state index contributed by atoms with van der Waals surface area (Å²) >= 11 is 0. The molecule has 2 aliphatic rings. The molecule has 0 bridgehead atoms. The fraction of sp³-hybridized carbons (Fsp3) is 0.286. The second kappa shape index (κ2) is 7.23. The molecular formula is C21H21N3O3. The number of carbonyl (C=O) groups excluding carboxylic acids is 3. The number of rotatable bonds is 5. The number of amides is 3. The lowest BCUT2D eigenvalue weighted by Crippen LogP contribution is -2.28. The molecule has 1 heterocycles. The van der Waals surface area contributed by atoms with E-state index in [1.165, 1.54) is 0 Å². The maximum atomic E-state index is 12.6. The summed E-state index contributed by atoms with van der Waals surface area (Å²) in [5, 5.41) is 5.74. The first-order valence-electron chi connectivity index (χ1n) is 9.17. The van der Waals surface area contributed by atoms with Gasteiger partial charge in [0.15, 0.2) is 0 Å². The molecule has 1 saturated carbocycles. The second-order valence-corrected chi connectivity index (χ2v) is 7.07. The van der Waals surface area contributed by atoms with Crippen LogP contribution >= 0.6 is 0 Å². The highest BCUT2D eigenvalue weighted by Crippen LogP contribution is 2.30. The molecule has 1 aliphatic heterocycles. The molecule has 6 heteroatoms. The van der Waals surface area contributed by atoms with Crippen LogP contribution in [0.2, 0.25) is 0 Å². The molecule has 4 rings (SSSR count). The number of hydrogen-bond donors (Lipinski definition) is 2. The fourth-order valence-electron chi connectivity index (χ4n) is 3.25. The van der Waals surface area contributed by atoms with Crippen LogP contribution in [0.25, 0.3) is 0 Å². The molecule has 27 heavy (non-hydrogen) atoms. The molecule has 0 radical (unpaired) electrons. The molecule has 6 nitrogen and oxygen atoms in total. The van der Waals surface area contributed by atoms with Crippen molar-refractivity contribution in [2.24, 2.45) is 11.8 Å². The Morgan fingerprint density at radius 3 is 2.11 bits per heavy atom. The van der Waals surface area contributed by atoms with Crippen LogP contribution in [0.15, 0.2) is 54.6 Å². The van der Waals surface area contributed by atoms with E-state index in [1.54, 1.807) is 29.2 Å². The minimum absolute atomic E-state index is 0.0263. The van der Waals surface area contributed by atoms with Crippen LogP contribution in [0.3, 0.4) is 0 Å². The zero-order valence-electron chi connectivity index (χ0n) is 14.9. The summed E-state index contributed by atoms with van der Waals surface area (Å²) in [7, 11) is 0. The van der Waals surface area contributed by atoms with Gasteiger partial charge in [-0.25, -0.2) is 0 Å². The molecule has 3 amide bonds. The molecule has 2 aromatic carbocycles. The highest BCUT2D eigenvalue weighted by molar-refractivity contribution is 6.03. The molecule has 0 spiro atoms. The SMILES string of the molecule is O=C(Nc1cccc(NC(=O)C2CC(=O)N(c3ccccc3)C2)c1)C1CC1. The van der Waals surface area contributed by atoms with Gasteiger partial charge in [-0.3, -0.25) is 14.4 Å². The Balaban J connectivity index is 1.39. The van der Waals surface area contributed by atoms with E-state index in [0.29, 0.717) is 17.9 Å². The highest BCUT2D eigenvalue weighted by atomic mass is 16.2. The molecular weight excluding hydrogens is 342 g/mol. The van der Waals surface area contributed by atoms with Crippen LogP contribution in [0, 0.1) is 11.8 Å². The predicted molar refractivity (Wildman–Crippen MR) is 103 cm³/mol. The average molecular weight is 363 g/mol. The fourth-order valence-corrected chi connectivity index (χ4v) is 3.25. The smallest absolute Gasteiger partial charge is 0.229 e. The third-order valence-corrected chi connectivity index (χ3v) is 4.91. The van der Waals surface area contributed by atoms with Gasteiger partial charge in [0.25, 0.3) is 0 Å². The largest absolute Gasteiger partial charge is 0.326 e. The summed E-state index contributed by atoms with van der Waals surface area (Å²) in [5.41, 5.74) is 2.08. The number of carbonyl (C=O) groups is 3. The van der Waals surface area contributed by atoms with Crippen molar-refractivity contribution in [2.75, 3.05) is 22.1 Å². The monoisotopic (exact) mass is 363 g/mol. The van der Waals surface area contributed by atoms with E-state index in [1.807, 2.05) is 30.3 Å². The normalized spacial score (nSPS) is 19.0. The third-order valence-electron chi connectivity index (χ3n) is 4.91. The molecule has 2 fully saturated rings. The van der Waals surface area contributed by atoms with E-state index >= 15 is 0 Å². The van der Waals surface area contributed by atoms with Crippen LogP contribution in [0.5, 0.6) is 0 Å². The lowest BCUT2D eigenvalue weighted by atomic mass is 10.1. The van der Waals surface area contributed by atoms with E-state index in [9.17, 15) is 14.4 Å². The summed E-state index contributed by atoms with van der Waals surface area (Å²) in [6, 6.07) is 16.5. The Morgan fingerprint density at radius 2 is 1.48 bits per heavy atom. The van der Waals surface area contributed by atoms with Crippen molar-refractivity contribution in [3.05, 3.63) is 54.6 Å². The summed E-state index contributed by atoms with van der Waals surface area (Å²) in [6.07, 6.45) is 2.07. The van der Waals surface area contributed by atoms with Crippen molar-refractivity contribution < 1.29 is 14.4 Å². The van der Waals surface area contributed by atoms with Crippen LogP contribution in [-0.4, -0.2) is 24.3 Å². The first kappa shape index (κ1) is 17.3. The number of nitrogens with one attached hydrogen (secondary N) is 2. The quantitative estimate of drug-likeness (QED) is 0.857. The van der Waals surface area contributed by atoms with E-state index in [-0.39, 0.29) is 30.1 Å². The van der Waals surface area contributed by atoms with Gasteiger partial charge in [-0.15, -0.1) is 0 Å². The number of hydrogen-bond acceptors (Lipinski definition) is 3.